The molecule has 7 heteroatoms. The summed E-state index contributed by atoms with van der Waals surface area (Å²) in [5.74, 6) is -0.0459. The van der Waals surface area contributed by atoms with Crippen LogP contribution in [0.1, 0.15) is 23.1 Å². The molecule has 0 aromatic carbocycles. The van der Waals surface area contributed by atoms with Crippen LogP contribution in [0.5, 0.6) is 0 Å². The Balaban J connectivity index is 2.11. The zero-order valence-electron chi connectivity index (χ0n) is 11.2. The molecule has 2 aromatic rings. The van der Waals surface area contributed by atoms with Gasteiger partial charge in [-0.05, 0) is 35.6 Å². The van der Waals surface area contributed by atoms with Gasteiger partial charge >= 0.3 is 0 Å². The van der Waals surface area contributed by atoms with Crippen LogP contribution in [0.4, 0.5) is 0 Å². The third kappa shape index (κ3) is 2.96. The van der Waals surface area contributed by atoms with Gasteiger partial charge in [-0.25, -0.2) is 0 Å². The molecule has 0 aliphatic carbocycles. The van der Waals surface area contributed by atoms with Crippen LogP contribution in [0.15, 0.2) is 18.5 Å². The number of halogens is 1. The maximum absolute atomic E-state index is 12.4. The number of amides is 1. The van der Waals surface area contributed by atoms with E-state index in [9.17, 15) is 4.79 Å². The maximum atomic E-state index is 12.4. The summed E-state index contributed by atoms with van der Waals surface area (Å²) in [5, 5.41) is 8.46. The molecule has 1 amide bonds. The van der Waals surface area contributed by atoms with Gasteiger partial charge in [0.25, 0.3) is 5.91 Å². The zero-order chi connectivity index (χ0) is 14.0. The van der Waals surface area contributed by atoms with Crippen molar-refractivity contribution in [1.29, 1.82) is 0 Å². The summed E-state index contributed by atoms with van der Waals surface area (Å²) in [7, 11) is 3.55. The van der Waals surface area contributed by atoms with Crippen molar-refractivity contribution in [2.45, 2.75) is 20.0 Å². The lowest BCUT2D eigenvalue weighted by Gasteiger charge is -2.16. The van der Waals surface area contributed by atoms with Crippen molar-refractivity contribution in [3.8, 4) is 0 Å². The molecular formula is C12H16IN5O. The van der Waals surface area contributed by atoms with Gasteiger partial charge in [0.15, 0.2) is 0 Å². The Morgan fingerprint density at radius 2 is 2.26 bits per heavy atom. The van der Waals surface area contributed by atoms with Crippen molar-refractivity contribution in [3.63, 3.8) is 0 Å². The van der Waals surface area contributed by atoms with Gasteiger partial charge < -0.3 is 4.90 Å². The second-order valence-electron chi connectivity index (χ2n) is 4.29. The van der Waals surface area contributed by atoms with E-state index in [0.29, 0.717) is 12.2 Å². The quantitative estimate of drug-likeness (QED) is 0.764. The number of nitrogens with zero attached hydrogens (tertiary/aromatic N) is 5. The summed E-state index contributed by atoms with van der Waals surface area (Å²) >= 11 is 2.12. The number of hydrogen-bond donors (Lipinski definition) is 0. The molecule has 2 aromatic heterocycles. The molecule has 2 heterocycles. The molecule has 0 saturated heterocycles. The molecule has 0 bridgehead atoms. The van der Waals surface area contributed by atoms with Crippen molar-refractivity contribution in [3.05, 3.63) is 33.4 Å². The van der Waals surface area contributed by atoms with Gasteiger partial charge in [-0.1, -0.05) is 0 Å². The van der Waals surface area contributed by atoms with Crippen molar-refractivity contribution >= 4 is 28.5 Å². The van der Waals surface area contributed by atoms with E-state index in [-0.39, 0.29) is 5.91 Å². The van der Waals surface area contributed by atoms with Gasteiger partial charge in [-0.3, -0.25) is 14.2 Å². The van der Waals surface area contributed by atoms with Crippen LogP contribution < -0.4 is 0 Å². The van der Waals surface area contributed by atoms with E-state index < -0.39 is 0 Å². The van der Waals surface area contributed by atoms with Crippen LogP contribution in [0.25, 0.3) is 0 Å². The van der Waals surface area contributed by atoms with E-state index in [0.717, 1.165) is 15.8 Å². The van der Waals surface area contributed by atoms with E-state index in [1.165, 1.54) is 0 Å². The van der Waals surface area contributed by atoms with Crippen LogP contribution in [-0.4, -0.2) is 37.4 Å². The highest BCUT2D eigenvalue weighted by atomic mass is 127. The fraction of sp³-hybridized carbons (Fsp3) is 0.417. The van der Waals surface area contributed by atoms with Gasteiger partial charge in [0.2, 0.25) is 0 Å². The monoisotopic (exact) mass is 373 g/mol. The molecule has 0 unspecified atom stereocenters. The lowest BCUT2D eigenvalue weighted by Crippen LogP contribution is -2.29. The number of hydrogen-bond acceptors (Lipinski definition) is 3. The topological polar surface area (TPSA) is 56.0 Å². The van der Waals surface area contributed by atoms with Crippen LogP contribution in [0.2, 0.25) is 0 Å². The van der Waals surface area contributed by atoms with E-state index in [1.807, 2.05) is 23.9 Å². The lowest BCUT2D eigenvalue weighted by molar-refractivity contribution is 0.0771. The minimum absolute atomic E-state index is 0.0459. The molecular weight excluding hydrogens is 357 g/mol. The summed E-state index contributed by atoms with van der Waals surface area (Å²) in [5.41, 5.74) is 1.49. The highest BCUT2D eigenvalue weighted by molar-refractivity contribution is 14.1. The van der Waals surface area contributed by atoms with E-state index in [4.69, 9.17) is 0 Å². The molecule has 19 heavy (non-hydrogen) atoms. The Labute approximate surface area is 125 Å². The Morgan fingerprint density at radius 1 is 1.53 bits per heavy atom. The van der Waals surface area contributed by atoms with Gasteiger partial charge in [-0.2, -0.15) is 10.2 Å². The summed E-state index contributed by atoms with van der Waals surface area (Å²) in [6.45, 7) is 3.36. The Kier molecular flexibility index (Phi) is 4.23. The van der Waals surface area contributed by atoms with Gasteiger partial charge in [-0.15, -0.1) is 0 Å². The number of aryl methyl sites for hydroxylation is 2. The van der Waals surface area contributed by atoms with Gasteiger partial charge in [0.1, 0.15) is 5.69 Å². The van der Waals surface area contributed by atoms with Gasteiger partial charge in [0.05, 0.1) is 22.0 Å². The van der Waals surface area contributed by atoms with Crippen LogP contribution in [0.3, 0.4) is 0 Å². The Bertz CT molecular complexity index is 569. The molecule has 0 N–H and O–H groups in total. The average Bonchev–Trinajstić information content (AvgIpc) is 2.96. The first kappa shape index (κ1) is 14.0. The summed E-state index contributed by atoms with van der Waals surface area (Å²) in [6, 6.07) is 1.93. The van der Waals surface area contributed by atoms with Crippen LogP contribution >= 0.6 is 22.6 Å². The Hall–Kier alpha value is -1.38. The third-order valence-corrected chi connectivity index (χ3v) is 3.65. The van der Waals surface area contributed by atoms with Crippen molar-refractivity contribution < 1.29 is 4.79 Å². The minimum Gasteiger partial charge on any atom is -0.334 e. The zero-order valence-corrected chi connectivity index (χ0v) is 13.3. The van der Waals surface area contributed by atoms with Crippen molar-refractivity contribution in [1.82, 2.24) is 24.5 Å². The first-order chi connectivity index (χ1) is 9.02. The molecule has 2 rings (SSSR count). The highest BCUT2D eigenvalue weighted by Crippen LogP contribution is 2.13. The second-order valence-corrected chi connectivity index (χ2v) is 5.45. The van der Waals surface area contributed by atoms with Gasteiger partial charge in [0, 0.05) is 26.8 Å². The standard InChI is InChI=1S/C12H16IN5O/c1-4-18-6-5-9(15-18)8-16(2)12(19)11-10(13)7-14-17(11)3/h5-7H,4,8H2,1-3H3. The van der Waals surface area contributed by atoms with Crippen LogP contribution in [-0.2, 0) is 20.1 Å². The summed E-state index contributed by atoms with van der Waals surface area (Å²) < 4.78 is 4.31. The number of aromatic nitrogens is 4. The first-order valence-corrected chi connectivity index (χ1v) is 7.06. The normalized spacial score (nSPS) is 10.7. The summed E-state index contributed by atoms with van der Waals surface area (Å²) in [4.78, 5) is 14.0. The molecule has 0 spiro atoms. The predicted octanol–water partition coefficient (Wildman–Crippen LogP) is 1.51. The summed E-state index contributed by atoms with van der Waals surface area (Å²) in [6.07, 6.45) is 3.61. The molecule has 6 nitrogen and oxygen atoms in total. The molecule has 0 aliphatic heterocycles. The molecule has 0 saturated carbocycles. The minimum atomic E-state index is -0.0459. The number of carbonyl (C=O) groups excluding carboxylic acids is 1. The SMILES string of the molecule is CCn1ccc(CN(C)C(=O)c2c(I)cnn2C)n1. The molecule has 0 aliphatic rings. The first-order valence-electron chi connectivity index (χ1n) is 5.98. The molecule has 102 valence electrons. The van der Waals surface area contributed by atoms with Crippen molar-refractivity contribution in [2.75, 3.05) is 7.05 Å². The Morgan fingerprint density at radius 3 is 2.79 bits per heavy atom. The maximum Gasteiger partial charge on any atom is 0.273 e. The second kappa shape index (κ2) is 5.72. The molecule has 0 radical (unpaired) electrons. The number of rotatable bonds is 4. The van der Waals surface area contributed by atoms with E-state index in [2.05, 4.69) is 32.8 Å². The van der Waals surface area contributed by atoms with Crippen LogP contribution in [0, 0.1) is 3.57 Å². The molecule has 0 fully saturated rings. The fourth-order valence-corrected chi connectivity index (χ4v) is 2.52. The highest BCUT2D eigenvalue weighted by Gasteiger charge is 2.19. The average molecular weight is 373 g/mol. The molecule has 0 atom stereocenters. The fourth-order valence-electron chi connectivity index (χ4n) is 1.81. The third-order valence-electron chi connectivity index (χ3n) is 2.86. The smallest absolute Gasteiger partial charge is 0.273 e. The van der Waals surface area contributed by atoms with E-state index in [1.54, 1.807) is 29.9 Å². The predicted molar refractivity (Wildman–Crippen MR) is 79.6 cm³/mol. The lowest BCUT2D eigenvalue weighted by atomic mass is 10.3. The van der Waals surface area contributed by atoms with E-state index >= 15 is 0 Å². The van der Waals surface area contributed by atoms with Crippen molar-refractivity contribution in [2.24, 2.45) is 7.05 Å². The largest absolute Gasteiger partial charge is 0.334 e. The number of carbonyl (C=O) groups is 1.